The van der Waals surface area contributed by atoms with Crippen LogP contribution < -0.4 is 10.1 Å². The summed E-state index contributed by atoms with van der Waals surface area (Å²) in [6.07, 6.45) is 2.96. The Morgan fingerprint density at radius 3 is 2.05 bits per heavy atom. The number of rotatable bonds is 6. The Morgan fingerprint density at radius 1 is 1.05 bits per heavy atom. The summed E-state index contributed by atoms with van der Waals surface area (Å²) in [4.78, 5) is 0. The van der Waals surface area contributed by atoms with Gasteiger partial charge in [-0.25, -0.2) is 0 Å². The number of hydrogen-bond acceptors (Lipinski definition) is 3. The van der Waals surface area contributed by atoms with Crippen molar-refractivity contribution >= 4 is 0 Å². The Labute approximate surface area is 135 Å². The van der Waals surface area contributed by atoms with Crippen LogP contribution in [0.3, 0.4) is 0 Å². The molecular weight excluding hydrogens is 274 g/mol. The highest BCUT2D eigenvalue weighted by molar-refractivity contribution is 5.27. The molecule has 1 saturated heterocycles. The fourth-order valence-electron chi connectivity index (χ4n) is 3.02. The molecule has 1 heterocycles. The first-order valence-electron chi connectivity index (χ1n) is 8.51. The second-order valence-electron chi connectivity index (χ2n) is 7.10. The summed E-state index contributed by atoms with van der Waals surface area (Å²) < 4.78 is 11.5. The summed E-state index contributed by atoms with van der Waals surface area (Å²) in [7, 11) is 1.70. The van der Waals surface area contributed by atoms with E-state index in [1.54, 1.807) is 7.11 Å². The lowest BCUT2D eigenvalue weighted by Crippen LogP contribution is -2.46. The molecule has 0 aliphatic carbocycles. The highest BCUT2D eigenvalue weighted by Crippen LogP contribution is 2.28. The van der Waals surface area contributed by atoms with Gasteiger partial charge in [-0.15, -0.1) is 0 Å². The molecule has 1 aromatic rings. The van der Waals surface area contributed by atoms with Crippen LogP contribution in [0.5, 0.6) is 5.75 Å². The highest BCUT2D eigenvalue weighted by Gasteiger charge is 2.32. The van der Waals surface area contributed by atoms with E-state index < -0.39 is 0 Å². The molecule has 2 atom stereocenters. The van der Waals surface area contributed by atoms with E-state index in [1.165, 1.54) is 5.56 Å². The van der Waals surface area contributed by atoms with Crippen LogP contribution >= 0.6 is 0 Å². The molecule has 0 aromatic heterocycles. The zero-order valence-corrected chi connectivity index (χ0v) is 14.6. The number of benzene rings is 1. The minimum atomic E-state index is 0.370. The Hall–Kier alpha value is -1.06. The van der Waals surface area contributed by atoms with Gasteiger partial charge in [0.15, 0.2) is 0 Å². The maximum atomic E-state index is 6.27. The van der Waals surface area contributed by atoms with Crippen molar-refractivity contribution < 1.29 is 9.47 Å². The number of nitrogens with one attached hydrogen (secondary N) is 1. The zero-order valence-electron chi connectivity index (χ0n) is 14.6. The minimum absolute atomic E-state index is 0.370. The average Bonchev–Trinajstić information content (AvgIpc) is 2.53. The van der Waals surface area contributed by atoms with Crippen molar-refractivity contribution in [1.29, 1.82) is 0 Å². The van der Waals surface area contributed by atoms with Crippen LogP contribution in [0.15, 0.2) is 24.3 Å². The molecule has 2 rings (SSSR count). The van der Waals surface area contributed by atoms with E-state index in [4.69, 9.17) is 9.47 Å². The molecule has 0 amide bonds. The molecule has 1 aliphatic heterocycles. The summed E-state index contributed by atoms with van der Waals surface area (Å²) in [6.45, 7) is 9.94. The van der Waals surface area contributed by atoms with Crippen LogP contribution in [-0.2, 0) is 11.3 Å². The van der Waals surface area contributed by atoms with Crippen molar-refractivity contribution in [1.82, 2.24) is 5.32 Å². The molecule has 1 N–H and O–H groups in total. The Morgan fingerprint density at radius 2 is 1.59 bits per heavy atom. The zero-order chi connectivity index (χ0) is 16.1. The molecule has 1 aliphatic rings. The normalized spacial score (nSPS) is 25.7. The first kappa shape index (κ1) is 17.3. The lowest BCUT2D eigenvalue weighted by Gasteiger charge is -2.39. The van der Waals surface area contributed by atoms with Gasteiger partial charge in [-0.2, -0.15) is 0 Å². The summed E-state index contributed by atoms with van der Waals surface area (Å²) in [5, 5.41) is 3.72. The fourth-order valence-corrected chi connectivity index (χ4v) is 3.02. The van der Waals surface area contributed by atoms with Crippen molar-refractivity contribution in [3.8, 4) is 5.75 Å². The third-order valence-electron chi connectivity index (χ3n) is 4.62. The largest absolute Gasteiger partial charge is 0.497 e. The number of methoxy groups -OCH3 is 1. The Kier molecular flexibility index (Phi) is 6.27. The second-order valence-corrected chi connectivity index (χ2v) is 7.10. The van der Waals surface area contributed by atoms with E-state index >= 15 is 0 Å². The van der Waals surface area contributed by atoms with Gasteiger partial charge in [0.1, 0.15) is 5.75 Å². The van der Waals surface area contributed by atoms with Crippen molar-refractivity contribution in [2.24, 2.45) is 11.8 Å². The average molecular weight is 305 g/mol. The quantitative estimate of drug-likeness (QED) is 0.861. The monoisotopic (exact) mass is 305 g/mol. The topological polar surface area (TPSA) is 30.5 Å². The highest BCUT2D eigenvalue weighted by atomic mass is 16.5. The van der Waals surface area contributed by atoms with Crippen LogP contribution in [0.25, 0.3) is 0 Å². The van der Waals surface area contributed by atoms with Crippen LogP contribution in [0.4, 0.5) is 0 Å². The molecule has 0 radical (unpaired) electrons. The van der Waals surface area contributed by atoms with E-state index in [-0.39, 0.29) is 0 Å². The van der Waals surface area contributed by atoms with Crippen molar-refractivity contribution in [2.45, 2.75) is 65.3 Å². The fraction of sp³-hybridized carbons (Fsp3) is 0.684. The van der Waals surface area contributed by atoms with E-state index in [1.807, 2.05) is 12.1 Å². The molecule has 0 spiro atoms. The Bertz CT molecular complexity index is 425. The number of ether oxygens (including phenoxy) is 2. The molecule has 0 bridgehead atoms. The molecular formula is C19H31NO2. The van der Waals surface area contributed by atoms with Gasteiger partial charge in [0.25, 0.3) is 0 Å². The second kappa shape index (κ2) is 7.98. The van der Waals surface area contributed by atoms with E-state index in [9.17, 15) is 0 Å². The summed E-state index contributed by atoms with van der Waals surface area (Å²) >= 11 is 0. The van der Waals surface area contributed by atoms with E-state index in [0.717, 1.165) is 25.1 Å². The summed E-state index contributed by atoms with van der Waals surface area (Å²) in [5.41, 5.74) is 1.30. The molecule has 1 fully saturated rings. The molecule has 124 valence electrons. The third-order valence-corrected chi connectivity index (χ3v) is 4.62. The maximum Gasteiger partial charge on any atom is 0.118 e. The van der Waals surface area contributed by atoms with Gasteiger partial charge in [-0.1, -0.05) is 39.8 Å². The van der Waals surface area contributed by atoms with E-state index in [2.05, 4.69) is 45.1 Å². The predicted octanol–water partition coefficient (Wildman–Crippen LogP) is 4.01. The molecule has 3 nitrogen and oxygen atoms in total. The van der Waals surface area contributed by atoms with Crippen molar-refractivity contribution in [2.75, 3.05) is 7.11 Å². The predicted molar refractivity (Wildman–Crippen MR) is 91.2 cm³/mol. The first-order valence-corrected chi connectivity index (χ1v) is 8.51. The van der Waals surface area contributed by atoms with Gasteiger partial charge >= 0.3 is 0 Å². The smallest absolute Gasteiger partial charge is 0.118 e. The van der Waals surface area contributed by atoms with Crippen molar-refractivity contribution in [3.63, 3.8) is 0 Å². The van der Waals surface area contributed by atoms with Crippen LogP contribution in [0, 0.1) is 11.8 Å². The van der Waals surface area contributed by atoms with Crippen LogP contribution in [-0.4, -0.2) is 25.4 Å². The standard InChI is InChI=1S/C19H31NO2/c1-13(2)18-10-16(11-19(22-18)14(3)4)20-12-15-6-8-17(21-5)9-7-15/h6-9,13-14,16,18-20H,10-12H2,1-5H3/t18-,19-/m1/s1. The molecule has 3 heteroatoms. The minimum Gasteiger partial charge on any atom is -0.497 e. The molecule has 0 unspecified atom stereocenters. The summed E-state index contributed by atoms with van der Waals surface area (Å²) in [5.74, 6) is 2.06. The lowest BCUT2D eigenvalue weighted by molar-refractivity contribution is -0.0995. The molecule has 0 saturated carbocycles. The van der Waals surface area contributed by atoms with Crippen LogP contribution in [0.2, 0.25) is 0 Å². The van der Waals surface area contributed by atoms with Gasteiger partial charge in [-0.3, -0.25) is 0 Å². The van der Waals surface area contributed by atoms with E-state index in [0.29, 0.717) is 30.1 Å². The maximum absolute atomic E-state index is 6.27. The van der Waals surface area contributed by atoms with Gasteiger partial charge in [0.05, 0.1) is 19.3 Å². The third kappa shape index (κ3) is 4.72. The SMILES string of the molecule is COc1ccc(CNC2C[C@H](C(C)C)O[C@@H](C(C)C)C2)cc1. The van der Waals surface area contributed by atoms with Crippen LogP contribution in [0.1, 0.15) is 46.1 Å². The van der Waals surface area contributed by atoms with Crippen molar-refractivity contribution in [3.05, 3.63) is 29.8 Å². The van der Waals surface area contributed by atoms with Gasteiger partial charge in [0.2, 0.25) is 0 Å². The lowest BCUT2D eigenvalue weighted by atomic mass is 9.88. The first-order chi connectivity index (χ1) is 10.5. The molecule has 22 heavy (non-hydrogen) atoms. The van der Waals surface area contributed by atoms with Gasteiger partial charge in [-0.05, 0) is 42.4 Å². The molecule has 1 aromatic carbocycles. The van der Waals surface area contributed by atoms with Gasteiger partial charge in [0, 0.05) is 12.6 Å². The Balaban J connectivity index is 1.92. The van der Waals surface area contributed by atoms with Gasteiger partial charge < -0.3 is 14.8 Å². The summed E-state index contributed by atoms with van der Waals surface area (Å²) in [6, 6.07) is 8.84. The number of hydrogen-bond donors (Lipinski definition) is 1.